The normalized spacial score (nSPS) is 13.7. The summed E-state index contributed by atoms with van der Waals surface area (Å²) >= 11 is 6.16. The van der Waals surface area contributed by atoms with Crippen LogP contribution in [0.2, 0.25) is 5.02 Å². The molecule has 3 rings (SSSR count). The second-order valence-corrected chi connectivity index (χ2v) is 7.61. The maximum absolute atomic E-state index is 13.2. The highest BCUT2D eigenvalue weighted by Gasteiger charge is 2.24. The molecule has 9 nitrogen and oxygen atoms in total. The Morgan fingerprint density at radius 3 is 2.27 bits per heavy atom. The van der Waals surface area contributed by atoms with E-state index in [1.165, 1.54) is 42.3 Å². The number of nitro benzene ring substituents is 2. The molecule has 0 atom stereocenters. The lowest BCUT2D eigenvalue weighted by Crippen LogP contribution is -2.33. The molecule has 0 bridgehead atoms. The average Bonchev–Trinajstić information content (AvgIpc) is 2.74. The fourth-order valence-electron chi connectivity index (χ4n) is 3.55. The molecule has 10 heteroatoms. The number of anilines is 1. The molecule has 0 saturated carbocycles. The van der Waals surface area contributed by atoms with Crippen LogP contribution in [0.15, 0.2) is 36.4 Å². The molecule has 1 aliphatic heterocycles. The fourth-order valence-corrected chi connectivity index (χ4v) is 3.73. The van der Waals surface area contributed by atoms with E-state index in [2.05, 4.69) is 4.90 Å². The fraction of sp³-hybridized carbons (Fsp3) is 0.350. The maximum atomic E-state index is 13.2. The topological polar surface area (TPSA) is 110 Å². The van der Waals surface area contributed by atoms with Crippen LogP contribution in [-0.2, 0) is 6.54 Å². The number of non-ortho nitro benzene ring substituents is 2. The average molecular weight is 433 g/mol. The molecule has 2 aromatic rings. The van der Waals surface area contributed by atoms with Gasteiger partial charge in [0.1, 0.15) is 0 Å². The van der Waals surface area contributed by atoms with Gasteiger partial charge in [-0.1, -0.05) is 11.6 Å². The second kappa shape index (κ2) is 9.08. The highest BCUT2D eigenvalue weighted by Crippen LogP contribution is 2.30. The summed E-state index contributed by atoms with van der Waals surface area (Å²) in [6.45, 7) is 1.58. The molecule has 0 aromatic heterocycles. The van der Waals surface area contributed by atoms with Crippen molar-refractivity contribution in [1.82, 2.24) is 4.90 Å². The van der Waals surface area contributed by atoms with Crippen molar-refractivity contribution < 1.29 is 14.6 Å². The van der Waals surface area contributed by atoms with Gasteiger partial charge in [-0.3, -0.25) is 25.0 Å². The summed E-state index contributed by atoms with van der Waals surface area (Å²) in [5.74, 6) is -0.415. The minimum atomic E-state index is -0.534. The summed E-state index contributed by atoms with van der Waals surface area (Å²) in [5.41, 5.74) is 1.02. The van der Waals surface area contributed by atoms with Gasteiger partial charge in [0.15, 0.2) is 0 Å². The molecule has 0 radical (unpaired) electrons. The molecule has 0 aliphatic carbocycles. The Hall–Kier alpha value is -3.20. The van der Waals surface area contributed by atoms with E-state index in [1.54, 1.807) is 6.07 Å². The van der Waals surface area contributed by atoms with Crippen molar-refractivity contribution in [2.24, 2.45) is 0 Å². The Morgan fingerprint density at radius 2 is 1.63 bits per heavy atom. The predicted octanol–water partition coefficient (Wildman–Crippen LogP) is 4.42. The van der Waals surface area contributed by atoms with Crippen LogP contribution in [0.4, 0.5) is 17.1 Å². The summed E-state index contributed by atoms with van der Waals surface area (Å²) in [6.07, 6.45) is 3.09. The summed E-state index contributed by atoms with van der Waals surface area (Å²) < 4.78 is 0. The van der Waals surface area contributed by atoms with Gasteiger partial charge in [-0.2, -0.15) is 0 Å². The third-order valence-corrected chi connectivity index (χ3v) is 5.48. The number of halogens is 1. The van der Waals surface area contributed by atoms with E-state index >= 15 is 0 Å². The molecule has 1 amide bonds. The third kappa shape index (κ3) is 4.68. The molecule has 0 N–H and O–H groups in total. The largest absolute Gasteiger partial charge is 0.371 e. The van der Waals surface area contributed by atoms with Crippen molar-refractivity contribution in [2.45, 2.75) is 25.8 Å². The van der Waals surface area contributed by atoms with E-state index in [0.717, 1.165) is 32.4 Å². The van der Waals surface area contributed by atoms with Crippen molar-refractivity contribution in [3.8, 4) is 0 Å². The zero-order chi connectivity index (χ0) is 21.8. The molecule has 2 aromatic carbocycles. The van der Waals surface area contributed by atoms with Crippen LogP contribution in [0.3, 0.4) is 0 Å². The summed E-state index contributed by atoms with van der Waals surface area (Å²) in [4.78, 5) is 37.9. The highest BCUT2D eigenvalue weighted by atomic mass is 35.5. The van der Waals surface area contributed by atoms with Gasteiger partial charge in [0, 0.05) is 56.0 Å². The Balaban J connectivity index is 1.92. The van der Waals surface area contributed by atoms with Crippen LogP contribution in [-0.4, -0.2) is 40.8 Å². The number of amides is 1. The van der Waals surface area contributed by atoms with Gasteiger partial charge < -0.3 is 9.80 Å². The Labute approximate surface area is 178 Å². The van der Waals surface area contributed by atoms with Gasteiger partial charge in [0.2, 0.25) is 0 Å². The lowest BCUT2D eigenvalue weighted by Gasteiger charge is -2.31. The predicted molar refractivity (Wildman–Crippen MR) is 113 cm³/mol. The first-order valence-electron chi connectivity index (χ1n) is 9.49. The molecule has 1 saturated heterocycles. The number of carbonyl (C=O) groups excluding carboxylic acids is 1. The minimum absolute atomic E-state index is 0.0292. The van der Waals surface area contributed by atoms with Gasteiger partial charge in [-0.25, -0.2) is 0 Å². The van der Waals surface area contributed by atoms with E-state index in [-0.39, 0.29) is 23.5 Å². The summed E-state index contributed by atoms with van der Waals surface area (Å²) in [6, 6.07) is 8.34. The van der Waals surface area contributed by atoms with Crippen molar-refractivity contribution in [2.75, 3.05) is 25.0 Å². The Bertz CT molecular complexity index is 991. The summed E-state index contributed by atoms with van der Waals surface area (Å²) in [7, 11) is 1.54. The van der Waals surface area contributed by atoms with Crippen LogP contribution < -0.4 is 4.90 Å². The monoisotopic (exact) mass is 432 g/mol. The standard InChI is InChI=1S/C20H21ClN4O5/c1-22(13-14-11-15(24(27)28)5-7-18(14)21)20(26)17-12-16(25(29)30)6-8-19(17)23-9-3-2-4-10-23/h5-8,11-12H,2-4,9-10,13H2,1H3. The van der Waals surface area contributed by atoms with Crippen molar-refractivity contribution >= 4 is 34.6 Å². The number of piperidine rings is 1. The van der Waals surface area contributed by atoms with Gasteiger partial charge in [0.25, 0.3) is 17.3 Å². The second-order valence-electron chi connectivity index (χ2n) is 7.20. The molecule has 158 valence electrons. The Morgan fingerprint density at radius 1 is 1.03 bits per heavy atom. The number of hydrogen-bond donors (Lipinski definition) is 0. The maximum Gasteiger partial charge on any atom is 0.270 e. The van der Waals surface area contributed by atoms with Gasteiger partial charge >= 0.3 is 0 Å². The molecule has 30 heavy (non-hydrogen) atoms. The molecule has 0 unspecified atom stereocenters. The first kappa shape index (κ1) is 21.5. The molecular weight excluding hydrogens is 412 g/mol. The highest BCUT2D eigenvalue weighted by molar-refractivity contribution is 6.31. The molecular formula is C20H21ClN4O5. The van der Waals surface area contributed by atoms with E-state index in [1.807, 2.05) is 0 Å². The third-order valence-electron chi connectivity index (χ3n) is 5.11. The van der Waals surface area contributed by atoms with Crippen molar-refractivity contribution in [3.63, 3.8) is 0 Å². The zero-order valence-electron chi connectivity index (χ0n) is 16.4. The van der Waals surface area contributed by atoms with E-state index < -0.39 is 15.8 Å². The number of hydrogen-bond acceptors (Lipinski definition) is 6. The number of nitrogens with zero attached hydrogens (tertiary/aromatic N) is 4. The minimum Gasteiger partial charge on any atom is -0.371 e. The zero-order valence-corrected chi connectivity index (χ0v) is 17.2. The number of rotatable bonds is 6. The van der Waals surface area contributed by atoms with Crippen molar-refractivity contribution in [1.29, 1.82) is 0 Å². The van der Waals surface area contributed by atoms with Crippen LogP contribution >= 0.6 is 11.6 Å². The quantitative estimate of drug-likeness (QED) is 0.493. The first-order chi connectivity index (χ1) is 14.3. The Kier molecular flexibility index (Phi) is 6.51. The smallest absolute Gasteiger partial charge is 0.270 e. The lowest BCUT2D eigenvalue weighted by molar-refractivity contribution is -0.385. The first-order valence-corrected chi connectivity index (χ1v) is 9.87. The van der Waals surface area contributed by atoms with Crippen LogP contribution in [0.5, 0.6) is 0 Å². The van der Waals surface area contributed by atoms with E-state index in [4.69, 9.17) is 11.6 Å². The van der Waals surface area contributed by atoms with E-state index in [9.17, 15) is 25.0 Å². The molecule has 1 aliphatic rings. The van der Waals surface area contributed by atoms with Crippen LogP contribution in [0, 0.1) is 20.2 Å². The van der Waals surface area contributed by atoms with Gasteiger partial charge in [-0.15, -0.1) is 0 Å². The van der Waals surface area contributed by atoms with Crippen LogP contribution in [0.25, 0.3) is 0 Å². The summed E-state index contributed by atoms with van der Waals surface area (Å²) in [5, 5.41) is 22.6. The molecule has 1 fully saturated rings. The van der Waals surface area contributed by atoms with Gasteiger partial charge in [-0.05, 0) is 37.0 Å². The number of carbonyl (C=O) groups is 1. The lowest BCUT2D eigenvalue weighted by atomic mass is 10.0. The molecule has 0 spiro atoms. The number of benzene rings is 2. The van der Waals surface area contributed by atoms with Crippen molar-refractivity contribution in [3.05, 3.63) is 72.8 Å². The number of nitro groups is 2. The SMILES string of the molecule is CN(Cc1cc([N+](=O)[O-])ccc1Cl)C(=O)c1cc([N+](=O)[O-])ccc1N1CCCCC1. The van der Waals surface area contributed by atoms with Gasteiger partial charge in [0.05, 0.1) is 21.1 Å². The van der Waals surface area contributed by atoms with Crippen LogP contribution in [0.1, 0.15) is 35.2 Å². The van der Waals surface area contributed by atoms with E-state index in [0.29, 0.717) is 16.3 Å². The molecule has 1 heterocycles.